The van der Waals surface area contributed by atoms with Crippen LogP contribution >= 0.6 is 0 Å². The molecule has 0 aromatic heterocycles. The Hall–Kier alpha value is -1.35. The van der Waals surface area contributed by atoms with Crippen LogP contribution in [0.4, 0.5) is 0 Å². The van der Waals surface area contributed by atoms with Crippen molar-refractivity contribution < 1.29 is 4.79 Å². The van der Waals surface area contributed by atoms with Crippen LogP contribution in [-0.4, -0.2) is 42.9 Å². The smallest absolute Gasteiger partial charge is 0.209 e. The molecule has 0 bridgehead atoms. The molecule has 1 atom stereocenters. The van der Waals surface area contributed by atoms with Crippen LogP contribution in [-0.2, 0) is 4.79 Å². The maximum absolute atomic E-state index is 10.8. The van der Waals surface area contributed by atoms with Gasteiger partial charge in [-0.15, -0.1) is 0 Å². The van der Waals surface area contributed by atoms with Crippen molar-refractivity contribution in [1.29, 1.82) is 0 Å². The molecule has 1 amide bonds. The zero-order chi connectivity index (χ0) is 10.7. The second-order valence-electron chi connectivity index (χ2n) is 4.01. The van der Waals surface area contributed by atoms with Crippen LogP contribution in [0.15, 0.2) is 30.3 Å². The Kier molecular flexibility index (Phi) is 3.02. The van der Waals surface area contributed by atoms with Crippen molar-refractivity contribution in [3.05, 3.63) is 35.9 Å². The number of likely N-dealkylation sites (N-methyl/N-ethyl adjacent to an activating group) is 1. The molecule has 1 aromatic rings. The molecule has 0 N–H and O–H groups in total. The quantitative estimate of drug-likeness (QED) is 0.674. The third-order valence-electron chi connectivity index (χ3n) is 3.01. The molecule has 1 fully saturated rings. The van der Waals surface area contributed by atoms with Gasteiger partial charge in [0.15, 0.2) is 0 Å². The van der Waals surface area contributed by atoms with Gasteiger partial charge in [0, 0.05) is 19.6 Å². The molecule has 2 rings (SSSR count). The highest BCUT2D eigenvalue weighted by Gasteiger charge is 2.24. The summed E-state index contributed by atoms with van der Waals surface area (Å²) in [5, 5.41) is 0. The molecule has 3 nitrogen and oxygen atoms in total. The number of amides is 1. The SMILES string of the molecule is CN1CCN(C=O)CC1c1ccccc1. The normalized spacial score (nSPS) is 22.7. The number of rotatable bonds is 2. The monoisotopic (exact) mass is 204 g/mol. The molecule has 0 saturated carbocycles. The fraction of sp³-hybridized carbons (Fsp3) is 0.417. The highest BCUT2D eigenvalue weighted by atomic mass is 16.1. The van der Waals surface area contributed by atoms with E-state index >= 15 is 0 Å². The van der Waals surface area contributed by atoms with Crippen molar-refractivity contribution >= 4 is 6.41 Å². The lowest BCUT2D eigenvalue weighted by Gasteiger charge is -2.37. The summed E-state index contributed by atoms with van der Waals surface area (Å²) in [7, 11) is 2.11. The molecule has 1 heterocycles. The maximum Gasteiger partial charge on any atom is 0.209 e. The molecule has 0 aliphatic carbocycles. The largest absolute Gasteiger partial charge is 0.342 e. The summed E-state index contributed by atoms with van der Waals surface area (Å²) in [4.78, 5) is 14.9. The second kappa shape index (κ2) is 4.45. The molecule has 0 spiro atoms. The molecule has 0 radical (unpaired) electrons. The Balaban J connectivity index is 2.16. The number of carbonyl (C=O) groups excluding carboxylic acids is 1. The van der Waals surface area contributed by atoms with Crippen molar-refractivity contribution in [1.82, 2.24) is 9.80 Å². The standard InChI is InChI=1S/C12H16N2O/c1-13-7-8-14(10-15)9-12(13)11-5-3-2-4-6-11/h2-6,10,12H,7-9H2,1H3. The highest BCUT2D eigenvalue weighted by Crippen LogP contribution is 2.22. The van der Waals surface area contributed by atoms with E-state index in [1.54, 1.807) is 0 Å². The number of piperazine rings is 1. The van der Waals surface area contributed by atoms with Gasteiger partial charge in [0.1, 0.15) is 0 Å². The lowest BCUT2D eigenvalue weighted by Crippen LogP contribution is -2.45. The van der Waals surface area contributed by atoms with E-state index in [0.717, 1.165) is 26.0 Å². The van der Waals surface area contributed by atoms with Gasteiger partial charge in [-0.3, -0.25) is 9.69 Å². The van der Waals surface area contributed by atoms with Crippen LogP contribution in [0, 0.1) is 0 Å². The van der Waals surface area contributed by atoms with Gasteiger partial charge < -0.3 is 4.90 Å². The topological polar surface area (TPSA) is 23.6 Å². The van der Waals surface area contributed by atoms with Gasteiger partial charge in [0.25, 0.3) is 0 Å². The number of nitrogens with zero attached hydrogens (tertiary/aromatic N) is 2. The minimum absolute atomic E-state index is 0.338. The molecular weight excluding hydrogens is 188 g/mol. The number of hydrogen-bond acceptors (Lipinski definition) is 2. The molecule has 1 unspecified atom stereocenters. The maximum atomic E-state index is 10.8. The van der Waals surface area contributed by atoms with Crippen molar-refractivity contribution in [2.45, 2.75) is 6.04 Å². The molecule has 80 valence electrons. The number of benzene rings is 1. The molecular formula is C12H16N2O. The van der Waals surface area contributed by atoms with E-state index in [9.17, 15) is 4.79 Å². The Morgan fingerprint density at radius 1 is 1.27 bits per heavy atom. The van der Waals surface area contributed by atoms with Gasteiger partial charge >= 0.3 is 0 Å². The summed E-state index contributed by atoms with van der Waals surface area (Å²) in [5.74, 6) is 0. The van der Waals surface area contributed by atoms with Gasteiger partial charge in [-0.25, -0.2) is 0 Å². The predicted octanol–water partition coefficient (Wildman–Crippen LogP) is 1.13. The summed E-state index contributed by atoms with van der Waals surface area (Å²) in [6.07, 6.45) is 0.947. The number of hydrogen-bond donors (Lipinski definition) is 0. The average molecular weight is 204 g/mol. The first-order chi connectivity index (χ1) is 7.31. The van der Waals surface area contributed by atoms with Crippen molar-refractivity contribution in [2.24, 2.45) is 0 Å². The molecule has 1 aliphatic rings. The summed E-state index contributed by atoms with van der Waals surface area (Å²) in [5.41, 5.74) is 1.28. The third kappa shape index (κ3) is 2.18. The van der Waals surface area contributed by atoms with E-state index in [-0.39, 0.29) is 0 Å². The van der Waals surface area contributed by atoms with Gasteiger partial charge in [0.2, 0.25) is 6.41 Å². The Morgan fingerprint density at radius 2 is 2.00 bits per heavy atom. The van der Waals surface area contributed by atoms with Gasteiger partial charge in [-0.05, 0) is 12.6 Å². The predicted molar refractivity (Wildman–Crippen MR) is 59.5 cm³/mol. The van der Waals surface area contributed by atoms with E-state index in [2.05, 4.69) is 24.1 Å². The van der Waals surface area contributed by atoms with E-state index in [4.69, 9.17) is 0 Å². The first-order valence-corrected chi connectivity index (χ1v) is 5.26. The number of carbonyl (C=O) groups is 1. The lowest BCUT2D eigenvalue weighted by molar-refractivity contribution is -0.120. The fourth-order valence-electron chi connectivity index (χ4n) is 2.03. The van der Waals surface area contributed by atoms with E-state index in [1.165, 1.54) is 5.56 Å². The summed E-state index contributed by atoms with van der Waals surface area (Å²) in [6, 6.07) is 10.7. The van der Waals surface area contributed by atoms with Crippen LogP contribution < -0.4 is 0 Å². The highest BCUT2D eigenvalue weighted by molar-refractivity contribution is 5.47. The Bertz CT molecular complexity index is 326. The molecule has 1 aromatic carbocycles. The van der Waals surface area contributed by atoms with E-state index in [0.29, 0.717) is 6.04 Å². The first kappa shape index (κ1) is 10.2. The summed E-state index contributed by atoms with van der Waals surface area (Å²) < 4.78 is 0. The van der Waals surface area contributed by atoms with Crippen molar-refractivity contribution in [2.75, 3.05) is 26.7 Å². The molecule has 3 heteroatoms. The molecule has 15 heavy (non-hydrogen) atoms. The van der Waals surface area contributed by atoms with Crippen LogP contribution in [0.1, 0.15) is 11.6 Å². The average Bonchev–Trinajstić information content (AvgIpc) is 2.31. The fourth-order valence-corrected chi connectivity index (χ4v) is 2.03. The third-order valence-corrected chi connectivity index (χ3v) is 3.01. The van der Waals surface area contributed by atoms with Gasteiger partial charge in [0.05, 0.1) is 6.04 Å². The van der Waals surface area contributed by atoms with Crippen molar-refractivity contribution in [3.8, 4) is 0 Å². The lowest BCUT2D eigenvalue weighted by atomic mass is 10.0. The first-order valence-electron chi connectivity index (χ1n) is 5.26. The van der Waals surface area contributed by atoms with Crippen LogP contribution in [0.2, 0.25) is 0 Å². The molecule has 1 saturated heterocycles. The van der Waals surface area contributed by atoms with Crippen LogP contribution in [0.3, 0.4) is 0 Å². The minimum atomic E-state index is 0.338. The van der Waals surface area contributed by atoms with E-state index in [1.807, 2.05) is 23.1 Å². The Labute approximate surface area is 90.3 Å². The van der Waals surface area contributed by atoms with Gasteiger partial charge in [-0.2, -0.15) is 0 Å². The van der Waals surface area contributed by atoms with Crippen LogP contribution in [0.25, 0.3) is 0 Å². The Morgan fingerprint density at radius 3 is 2.67 bits per heavy atom. The molecule has 1 aliphatic heterocycles. The zero-order valence-electron chi connectivity index (χ0n) is 8.97. The van der Waals surface area contributed by atoms with Crippen LogP contribution in [0.5, 0.6) is 0 Å². The van der Waals surface area contributed by atoms with E-state index < -0.39 is 0 Å². The minimum Gasteiger partial charge on any atom is -0.342 e. The summed E-state index contributed by atoms with van der Waals surface area (Å²) in [6.45, 7) is 2.58. The summed E-state index contributed by atoms with van der Waals surface area (Å²) >= 11 is 0. The second-order valence-corrected chi connectivity index (χ2v) is 4.01. The van der Waals surface area contributed by atoms with Gasteiger partial charge in [-0.1, -0.05) is 30.3 Å². The van der Waals surface area contributed by atoms with Crippen molar-refractivity contribution in [3.63, 3.8) is 0 Å². The zero-order valence-corrected chi connectivity index (χ0v) is 8.97.